The van der Waals surface area contributed by atoms with Crippen LogP contribution in [0.2, 0.25) is 0 Å². The lowest BCUT2D eigenvalue weighted by Gasteiger charge is -1.99. The second-order valence-corrected chi connectivity index (χ2v) is 4.46. The summed E-state index contributed by atoms with van der Waals surface area (Å²) < 4.78 is 1.18. The summed E-state index contributed by atoms with van der Waals surface area (Å²) in [7, 11) is 0. The van der Waals surface area contributed by atoms with E-state index in [1.165, 1.54) is 10.1 Å². The van der Waals surface area contributed by atoms with Crippen molar-refractivity contribution in [3.8, 4) is 0 Å². The third-order valence-electron chi connectivity index (χ3n) is 2.39. The molecule has 1 amide bonds. The first-order chi connectivity index (χ1) is 7.24. The van der Waals surface area contributed by atoms with Gasteiger partial charge in [-0.25, -0.2) is 0 Å². The average Bonchev–Trinajstić information content (AvgIpc) is 2.57. The van der Waals surface area contributed by atoms with Gasteiger partial charge < -0.3 is 5.32 Å². The molecule has 0 unspecified atom stereocenters. The molecule has 0 spiro atoms. The molecule has 78 valence electrons. The molecular formula is C12H13NOS. The van der Waals surface area contributed by atoms with Gasteiger partial charge in [-0.2, -0.15) is 0 Å². The van der Waals surface area contributed by atoms with Gasteiger partial charge in [0.2, 0.25) is 0 Å². The zero-order valence-electron chi connectivity index (χ0n) is 8.83. The van der Waals surface area contributed by atoms with Crippen LogP contribution in [0.15, 0.2) is 24.3 Å². The quantitative estimate of drug-likeness (QED) is 0.826. The van der Waals surface area contributed by atoms with Crippen molar-refractivity contribution in [1.82, 2.24) is 5.32 Å². The lowest BCUT2D eigenvalue weighted by Crippen LogP contribution is -2.22. The van der Waals surface area contributed by atoms with Gasteiger partial charge in [0.05, 0.1) is 4.88 Å². The molecule has 0 aliphatic heterocycles. The Kier molecular flexibility index (Phi) is 2.73. The predicted molar refractivity (Wildman–Crippen MR) is 64.6 cm³/mol. The third kappa shape index (κ3) is 1.75. The highest BCUT2D eigenvalue weighted by Crippen LogP contribution is 2.30. The van der Waals surface area contributed by atoms with Crippen molar-refractivity contribution in [2.75, 3.05) is 6.54 Å². The van der Waals surface area contributed by atoms with Gasteiger partial charge in [-0.3, -0.25) is 4.79 Å². The van der Waals surface area contributed by atoms with Gasteiger partial charge >= 0.3 is 0 Å². The van der Waals surface area contributed by atoms with Crippen molar-refractivity contribution < 1.29 is 4.79 Å². The first-order valence-corrected chi connectivity index (χ1v) is 5.82. The van der Waals surface area contributed by atoms with Crippen molar-refractivity contribution in [2.24, 2.45) is 0 Å². The van der Waals surface area contributed by atoms with Gasteiger partial charge in [0.1, 0.15) is 0 Å². The number of carbonyl (C=O) groups excluding carboxylic acids is 1. The van der Waals surface area contributed by atoms with Crippen molar-refractivity contribution in [3.05, 3.63) is 34.7 Å². The summed E-state index contributed by atoms with van der Waals surface area (Å²) in [5, 5.41) is 4.02. The molecule has 1 heterocycles. The Morgan fingerprint density at radius 1 is 1.40 bits per heavy atom. The number of hydrogen-bond acceptors (Lipinski definition) is 2. The predicted octanol–water partition coefficient (Wildman–Crippen LogP) is 2.96. The van der Waals surface area contributed by atoms with Gasteiger partial charge in [0.15, 0.2) is 0 Å². The highest BCUT2D eigenvalue weighted by atomic mass is 32.1. The van der Waals surface area contributed by atoms with Gasteiger partial charge in [-0.1, -0.05) is 18.2 Å². The fraction of sp³-hybridized carbons (Fsp3) is 0.250. The Hall–Kier alpha value is -1.35. The molecule has 15 heavy (non-hydrogen) atoms. The molecule has 2 nitrogen and oxygen atoms in total. The minimum atomic E-state index is 0.0381. The van der Waals surface area contributed by atoms with E-state index in [1.54, 1.807) is 11.3 Å². The molecule has 0 atom stereocenters. The molecule has 0 saturated carbocycles. The first kappa shape index (κ1) is 10.2. The van der Waals surface area contributed by atoms with E-state index in [0.29, 0.717) is 6.54 Å². The molecule has 1 N–H and O–H groups in total. The fourth-order valence-electron chi connectivity index (χ4n) is 1.63. The van der Waals surface area contributed by atoms with Crippen LogP contribution in [0.25, 0.3) is 10.1 Å². The van der Waals surface area contributed by atoms with Gasteiger partial charge in [0, 0.05) is 11.2 Å². The lowest BCUT2D eigenvalue weighted by atomic mass is 10.1. The number of fused-ring (bicyclic) bond motifs is 1. The number of nitrogens with one attached hydrogen (secondary N) is 1. The molecule has 0 aliphatic rings. The van der Waals surface area contributed by atoms with Crippen LogP contribution in [-0.4, -0.2) is 12.5 Å². The Morgan fingerprint density at radius 3 is 2.80 bits per heavy atom. The highest BCUT2D eigenvalue weighted by molar-refractivity contribution is 7.21. The smallest absolute Gasteiger partial charge is 0.261 e. The van der Waals surface area contributed by atoms with E-state index < -0.39 is 0 Å². The maximum atomic E-state index is 11.7. The molecule has 0 bridgehead atoms. The zero-order valence-corrected chi connectivity index (χ0v) is 9.65. The summed E-state index contributed by atoms with van der Waals surface area (Å²) in [6.45, 7) is 4.61. The normalized spacial score (nSPS) is 10.5. The summed E-state index contributed by atoms with van der Waals surface area (Å²) in [6, 6.07) is 8.11. The molecule has 0 fully saturated rings. The largest absolute Gasteiger partial charge is 0.352 e. The van der Waals surface area contributed by atoms with Crippen LogP contribution in [-0.2, 0) is 0 Å². The molecule has 1 aromatic carbocycles. The molecule has 3 heteroatoms. The van der Waals surface area contributed by atoms with Crippen molar-refractivity contribution in [2.45, 2.75) is 13.8 Å². The number of thiophene rings is 1. The second kappa shape index (κ2) is 4.03. The first-order valence-electron chi connectivity index (χ1n) is 5.00. The summed E-state index contributed by atoms with van der Waals surface area (Å²) in [5.74, 6) is 0.0381. The summed E-state index contributed by atoms with van der Waals surface area (Å²) in [6.07, 6.45) is 0. The molecule has 2 rings (SSSR count). The third-order valence-corrected chi connectivity index (χ3v) is 3.66. The van der Waals surface area contributed by atoms with E-state index in [0.717, 1.165) is 10.4 Å². The molecule has 0 saturated heterocycles. The topological polar surface area (TPSA) is 29.1 Å². The monoisotopic (exact) mass is 219 g/mol. The molecule has 0 aliphatic carbocycles. The average molecular weight is 219 g/mol. The molecule has 2 aromatic rings. The van der Waals surface area contributed by atoms with E-state index in [-0.39, 0.29) is 5.91 Å². The van der Waals surface area contributed by atoms with Gasteiger partial charge in [0.25, 0.3) is 5.91 Å². The number of aryl methyl sites for hydroxylation is 1. The standard InChI is InChI=1S/C12H13NOS/c1-3-13-12(14)11-8(2)9-6-4-5-7-10(9)15-11/h4-7H,3H2,1-2H3,(H,13,14). The van der Waals surface area contributed by atoms with Crippen LogP contribution >= 0.6 is 11.3 Å². The van der Waals surface area contributed by atoms with Crippen LogP contribution in [0.1, 0.15) is 22.2 Å². The highest BCUT2D eigenvalue weighted by Gasteiger charge is 2.13. The number of hydrogen-bond donors (Lipinski definition) is 1. The van der Waals surface area contributed by atoms with Crippen LogP contribution in [0.3, 0.4) is 0 Å². The molecular weight excluding hydrogens is 206 g/mol. The van der Waals surface area contributed by atoms with Crippen LogP contribution in [0.5, 0.6) is 0 Å². The van der Waals surface area contributed by atoms with Gasteiger partial charge in [-0.15, -0.1) is 11.3 Å². The summed E-state index contributed by atoms with van der Waals surface area (Å²) >= 11 is 1.56. The summed E-state index contributed by atoms with van der Waals surface area (Å²) in [5.41, 5.74) is 1.08. The maximum absolute atomic E-state index is 11.7. The lowest BCUT2D eigenvalue weighted by molar-refractivity contribution is 0.0959. The number of rotatable bonds is 2. The van der Waals surface area contributed by atoms with Crippen molar-refractivity contribution >= 4 is 27.3 Å². The molecule has 0 radical (unpaired) electrons. The zero-order chi connectivity index (χ0) is 10.8. The van der Waals surface area contributed by atoms with Crippen LogP contribution < -0.4 is 5.32 Å². The summed E-state index contributed by atoms with van der Waals surface area (Å²) in [4.78, 5) is 12.6. The minimum Gasteiger partial charge on any atom is -0.352 e. The van der Waals surface area contributed by atoms with Crippen molar-refractivity contribution in [3.63, 3.8) is 0 Å². The van der Waals surface area contributed by atoms with E-state index in [4.69, 9.17) is 0 Å². The Labute approximate surface area is 92.9 Å². The van der Waals surface area contributed by atoms with E-state index >= 15 is 0 Å². The van der Waals surface area contributed by atoms with Crippen molar-refractivity contribution in [1.29, 1.82) is 0 Å². The number of amides is 1. The minimum absolute atomic E-state index is 0.0381. The maximum Gasteiger partial charge on any atom is 0.261 e. The van der Waals surface area contributed by atoms with E-state index in [9.17, 15) is 4.79 Å². The van der Waals surface area contributed by atoms with E-state index in [1.807, 2.05) is 26.0 Å². The fourth-order valence-corrected chi connectivity index (χ4v) is 2.76. The Morgan fingerprint density at radius 2 is 2.13 bits per heavy atom. The molecule has 1 aromatic heterocycles. The number of benzene rings is 1. The Balaban J connectivity index is 2.53. The Bertz CT molecular complexity index is 501. The van der Waals surface area contributed by atoms with E-state index in [2.05, 4.69) is 17.4 Å². The van der Waals surface area contributed by atoms with Gasteiger partial charge in [-0.05, 0) is 30.9 Å². The second-order valence-electron chi connectivity index (χ2n) is 3.41. The van der Waals surface area contributed by atoms with Crippen LogP contribution in [0, 0.1) is 6.92 Å². The SMILES string of the molecule is CCNC(=O)c1sc2ccccc2c1C. The number of carbonyl (C=O) groups is 1. The van der Waals surface area contributed by atoms with Crippen LogP contribution in [0.4, 0.5) is 0 Å².